The molecule has 0 saturated carbocycles. The van der Waals surface area contributed by atoms with E-state index < -0.39 is 6.61 Å². The van der Waals surface area contributed by atoms with Gasteiger partial charge < -0.3 is 20.1 Å². The van der Waals surface area contributed by atoms with Crippen LogP contribution in [0.2, 0.25) is 0 Å². The van der Waals surface area contributed by atoms with E-state index in [9.17, 15) is 8.78 Å². The van der Waals surface area contributed by atoms with Crippen molar-refractivity contribution in [2.24, 2.45) is 4.99 Å². The molecule has 1 heterocycles. The number of alkyl halides is 2. The Balaban J connectivity index is 1.98. The first-order chi connectivity index (χ1) is 12.1. The molecule has 0 aliphatic heterocycles. The van der Waals surface area contributed by atoms with Crippen LogP contribution in [0.3, 0.4) is 0 Å². The van der Waals surface area contributed by atoms with Gasteiger partial charge in [-0.3, -0.25) is 9.98 Å². The van der Waals surface area contributed by atoms with Gasteiger partial charge in [-0.2, -0.15) is 8.78 Å². The lowest BCUT2D eigenvalue weighted by molar-refractivity contribution is -0.0505. The molecule has 134 valence electrons. The molecular formula is C17H20F2N4O2. The van der Waals surface area contributed by atoms with Crippen molar-refractivity contribution in [3.63, 3.8) is 0 Å². The topological polar surface area (TPSA) is 67.8 Å². The fourth-order valence-electron chi connectivity index (χ4n) is 2.09. The first kappa shape index (κ1) is 18.4. The van der Waals surface area contributed by atoms with Crippen LogP contribution in [0.4, 0.5) is 8.78 Å². The zero-order valence-electron chi connectivity index (χ0n) is 14.0. The molecule has 0 saturated heterocycles. The molecule has 0 aliphatic rings. The molecule has 0 radical (unpaired) electrons. The van der Waals surface area contributed by atoms with E-state index in [-0.39, 0.29) is 12.3 Å². The molecule has 0 spiro atoms. The molecule has 6 nitrogen and oxygen atoms in total. The van der Waals surface area contributed by atoms with Crippen LogP contribution in [0.1, 0.15) is 11.3 Å². The Morgan fingerprint density at radius 1 is 1.20 bits per heavy atom. The second-order valence-electron chi connectivity index (χ2n) is 4.95. The van der Waals surface area contributed by atoms with Gasteiger partial charge in [-0.15, -0.1) is 0 Å². The number of hydrogen-bond acceptors (Lipinski definition) is 4. The average molecular weight is 350 g/mol. The number of aliphatic imine (C=N–C) groups is 1. The Labute approximate surface area is 144 Å². The predicted octanol–water partition coefficient (Wildman–Crippen LogP) is 2.56. The highest BCUT2D eigenvalue weighted by Crippen LogP contribution is 2.26. The maximum atomic E-state index is 12.6. The van der Waals surface area contributed by atoms with E-state index in [1.807, 2.05) is 18.2 Å². The third kappa shape index (κ3) is 5.91. The number of nitrogens with one attached hydrogen (secondary N) is 2. The minimum atomic E-state index is -2.91. The molecular weight excluding hydrogens is 330 g/mol. The Hall–Kier alpha value is -2.90. The molecule has 0 atom stereocenters. The molecule has 1 aromatic heterocycles. The van der Waals surface area contributed by atoms with Crippen LogP contribution < -0.4 is 20.1 Å². The normalized spacial score (nSPS) is 11.3. The largest absolute Gasteiger partial charge is 0.497 e. The van der Waals surface area contributed by atoms with Gasteiger partial charge in [0.1, 0.15) is 11.5 Å². The number of aromatic nitrogens is 1. The lowest BCUT2D eigenvalue weighted by Crippen LogP contribution is -2.36. The van der Waals surface area contributed by atoms with E-state index in [2.05, 4.69) is 25.3 Å². The van der Waals surface area contributed by atoms with Crippen molar-refractivity contribution in [3.8, 4) is 11.5 Å². The molecule has 25 heavy (non-hydrogen) atoms. The molecule has 8 heteroatoms. The fraction of sp³-hybridized carbons (Fsp3) is 0.294. The summed E-state index contributed by atoms with van der Waals surface area (Å²) in [5, 5.41) is 6.15. The zero-order valence-corrected chi connectivity index (χ0v) is 14.0. The summed E-state index contributed by atoms with van der Waals surface area (Å²) in [6.45, 7) is -2.16. The number of halogens is 2. The maximum Gasteiger partial charge on any atom is 0.387 e. The number of nitrogens with zero attached hydrogens (tertiary/aromatic N) is 2. The van der Waals surface area contributed by atoms with Gasteiger partial charge in [-0.25, -0.2) is 0 Å². The number of hydrogen-bond donors (Lipinski definition) is 2. The number of benzene rings is 1. The lowest BCUT2D eigenvalue weighted by Gasteiger charge is -2.15. The van der Waals surface area contributed by atoms with Crippen LogP contribution in [0.5, 0.6) is 11.5 Å². The SMILES string of the molecule is CN=C(NCc1ccccn1)NCc1ccc(OC)cc1OC(F)F. The Kier molecular flexibility index (Phi) is 6.94. The number of pyridine rings is 1. The molecule has 2 aromatic rings. The molecule has 0 amide bonds. The van der Waals surface area contributed by atoms with Gasteiger partial charge >= 0.3 is 6.61 Å². The van der Waals surface area contributed by atoms with Gasteiger partial charge in [-0.1, -0.05) is 6.07 Å². The van der Waals surface area contributed by atoms with Crippen LogP contribution in [-0.4, -0.2) is 31.7 Å². The molecule has 0 aliphatic carbocycles. The monoisotopic (exact) mass is 350 g/mol. The van der Waals surface area contributed by atoms with Gasteiger partial charge in [0.2, 0.25) is 0 Å². The first-order valence-corrected chi connectivity index (χ1v) is 7.58. The summed E-state index contributed by atoms with van der Waals surface area (Å²) in [4.78, 5) is 8.30. The number of rotatable bonds is 7. The Morgan fingerprint density at radius 2 is 2.00 bits per heavy atom. The maximum absolute atomic E-state index is 12.6. The van der Waals surface area contributed by atoms with E-state index in [1.54, 1.807) is 25.4 Å². The van der Waals surface area contributed by atoms with Crippen molar-refractivity contribution >= 4 is 5.96 Å². The van der Waals surface area contributed by atoms with E-state index in [0.29, 0.717) is 23.8 Å². The van der Waals surface area contributed by atoms with Crippen LogP contribution in [0.25, 0.3) is 0 Å². The fourth-order valence-corrected chi connectivity index (χ4v) is 2.09. The summed E-state index contributed by atoms with van der Waals surface area (Å²) in [6.07, 6.45) is 1.71. The smallest absolute Gasteiger partial charge is 0.387 e. The molecule has 0 fully saturated rings. The van der Waals surface area contributed by atoms with Gasteiger partial charge in [0.25, 0.3) is 0 Å². The number of guanidine groups is 1. The summed E-state index contributed by atoms with van der Waals surface area (Å²) in [5.74, 6) is 1.02. The minimum absolute atomic E-state index is 0.0574. The molecule has 2 N–H and O–H groups in total. The third-order valence-electron chi connectivity index (χ3n) is 3.32. The number of ether oxygens (including phenoxy) is 2. The van der Waals surface area contributed by atoms with Gasteiger partial charge in [0, 0.05) is 31.4 Å². The summed E-state index contributed by atoms with van der Waals surface area (Å²) in [7, 11) is 3.08. The van der Waals surface area contributed by atoms with E-state index in [0.717, 1.165) is 5.69 Å². The summed E-state index contributed by atoms with van der Waals surface area (Å²) < 4.78 is 34.8. The predicted molar refractivity (Wildman–Crippen MR) is 90.9 cm³/mol. The van der Waals surface area contributed by atoms with Crippen LogP contribution >= 0.6 is 0 Å². The average Bonchev–Trinajstić information content (AvgIpc) is 2.63. The van der Waals surface area contributed by atoms with E-state index >= 15 is 0 Å². The van der Waals surface area contributed by atoms with Crippen LogP contribution in [0.15, 0.2) is 47.6 Å². The third-order valence-corrected chi connectivity index (χ3v) is 3.32. The molecule has 2 rings (SSSR count). The second-order valence-corrected chi connectivity index (χ2v) is 4.95. The van der Waals surface area contributed by atoms with Crippen molar-refractivity contribution < 1.29 is 18.3 Å². The highest BCUT2D eigenvalue weighted by molar-refractivity contribution is 5.79. The summed E-state index contributed by atoms with van der Waals surface area (Å²) in [5.41, 5.74) is 1.42. The zero-order chi connectivity index (χ0) is 18.1. The lowest BCUT2D eigenvalue weighted by atomic mass is 10.2. The van der Waals surface area contributed by atoms with Crippen molar-refractivity contribution in [2.75, 3.05) is 14.2 Å². The van der Waals surface area contributed by atoms with Crippen molar-refractivity contribution in [2.45, 2.75) is 19.7 Å². The van der Waals surface area contributed by atoms with Crippen molar-refractivity contribution in [3.05, 3.63) is 53.9 Å². The molecule has 0 bridgehead atoms. The first-order valence-electron chi connectivity index (χ1n) is 7.58. The molecule has 0 unspecified atom stereocenters. The van der Waals surface area contributed by atoms with Crippen molar-refractivity contribution in [1.29, 1.82) is 0 Å². The highest BCUT2D eigenvalue weighted by atomic mass is 19.3. The van der Waals surface area contributed by atoms with Gasteiger partial charge in [0.05, 0.1) is 19.3 Å². The summed E-state index contributed by atoms with van der Waals surface area (Å²) in [6, 6.07) is 10.4. The minimum Gasteiger partial charge on any atom is -0.497 e. The summed E-state index contributed by atoms with van der Waals surface area (Å²) >= 11 is 0. The highest BCUT2D eigenvalue weighted by Gasteiger charge is 2.11. The Bertz CT molecular complexity index is 696. The van der Waals surface area contributed by atoms with E-state index in [4.69, 9.17) is 4.74 Å². The van der Waals surface area contributed by atoms with Gasteiger partial charge in [-0.05, 0) is 24.3 Å². The standard InChI is InChI=1S/C17H20F2N4O2/c1-20-17(23-11-13-5-3-4-8-21-13)22-10-12-6-7-14(24-2)9-15(12)25-16(18)19/h3-9,16H,10-11H2,1-2H3,(H2,20,22,23). The second kappa shape index (κ2) is 9.41. The van der Waals surface area contributed by atoms with Crippen LogP contribution in [0, 0.1) is 0 Å². The molecule has 1 aromatic carbocycles. The quantitative estimate of drug-likeness (QED) is 0.593. The van der Waals surface area contributed by atoms with Crippen LogP contribution in [-0.2, 0) is 13.1 Å². The Morgan fingerprint density at radius 3 is 2.64 bits per heavy atom. The van der Waals surface area contributed by atoms with E-state index in [1.165, 1.54) is 13.2 Å². The van der Waals surface area contributed by atoms with Crippen molar-refractivity contribution in [1.82, 2.24) is 15.6 Å². The van der Waals surface area contributed by atoms with Gasteiger partial charge in [0.15, 0.2) is 5.96 Å². The number of methoxy groups -OCH3 is 1.